The van der Waals surface area contributed by atoms with E-state index in [9.17, 15) is 9.59 Å². The zero-order chi connectivity index (χ0) is 16.6. The van der Waals surface area contributed by atoms with Crippen LogP contribution in [0.25, 0.3) is 0 Å². The van der Waals surface area contributed by atoms with Crippen LogP contribution in [-0.2, 0) is 16.1 Å². The van der Waals surface area contributed by atoms with E-state index < -0.39 is 0 Å². The largest absolute Gasteiger partial charge is 0.462 e. The topological polar surface area (TPSA) is 48.3 Å². The lowest BCUT2D eigenvalue weighted by Gasteiger charge is -2.25. The van der Waals surface area contributed by atoms with E-state index >= 15 is 0 Å². The van der Waals surface area contributed by atoms with Crippen LogP contribution in [-0.4, -0.2) is 22.4 Å². The Labute approximate surface area is 147 Å². The van der Waals surface area contributed by atoms with Crippen LogP contribution in [0.15, 0.2) is 28.1 Å². The average molecular weight is 396 g/mol. The van der Waals surface area contributed by atoms with Crippen LogP contribution >= 0.6 is 27.3 Å². The van der Waals surface area contributed by atoms with Gasteiger partial charge in [-0.1, -0.05) is 0 Å². The highest BCUT2D eigenvalue weighted by Crippen LogP contribution is 2.32. The molecule has 0 N–H and O–H groups in total. The molecule has 122 valence electrons. The maximum atomic E-state index is 12.7. The summed E-state index contributed by atoms with van der Waals surface area (Å²) in [4.78, 5) is 25.7. The van der Waals surface area contributed by atoms with Gasteiger partial charge in [-0.25, -0.2) is 0 Å². The molecule has 0 spiro atoms. The minimum Gasteiger partial charge on any atom is -0.462 e. The zero-order valence-electron chi connectivity index (χ0n) is 13.0. The van der Waals surface area contributed by atoms with Gasteiger partial charge in [0.05, 0.1) is 26.4 Å². The van der Waals surface area contributed by atoms with Crippen LogP contribution in [0.5, 0.6) is 0 Å². The van der Waals surface area contributed by atoms with Crippen LogP contribution in [0, 0.1) is 0 Å². The second-order valence-corrected chi connectivity index (χ2v) is 8.37. The van der Waals surface area contributed by atoms with Crippen molar-refractivity contribution < 1.29 is 14.3 Å². The standard InChI is InChI=1S/C17H18BrNO3S/c1-10(2)22-17(21)11-4-3-9-19-12(11)5-6-13(19)16(20)14-7-8-15(18)23-14/h5-8,10-11H,3-4,9H2,1-2H3. The molecule has 0 aliphatic carbocycles. The van der Waals surface area contributed by atoms with E-state index in [4.69, 9.17) is 4.74 Å². The van der Waals surface area contributed by atoms with Crippen molar-refractivity contribution in [3.63, 3.8) is 0 Å². The molecular formula is C17H18BrNO3S. The summed E-state index contributed by atoms with van der Waals surface area (Å²) < 4.78 is 8.28. The Morgan fingerprint density at radius 1 is 1.30 bits per heavy atom. The first kappa shape index (κ1) is 16.5. The summed E-state index contributed by atoms with van der Waals surface area (Å²) in [5, 5.41) is 0. The Hall–Kier alpha value is -1.40. The van der Waals surface area contributed by atoms with E-state index in [1.54, 1.807) is 0 Å². The number of halogens is 1. The van der Waals surface area contributed by atoms with Gasteiger partial charge in [0.15, 0.2) is 0 Å². The van der Waals surface area contributed by atoms with Gasteiger partial charge < -0.3 is 9.30 Å². The fourth-order valence-electron chi connectivity index (χ4n) is 2.95. The molecule has 6 heteroatoms. The Morgan fingerprint density at radius 3 is 2.74 bits per heavy atom. The maximum Gasteiger partial charge on any atom is 0.315 e. The molecule has 0 saturated carbocycles. The first-order valence-electron chi connectivity index (χ1n) is 7.67. The van der Waals surface area contributed by atoms with E-state index in [1.165, 1.54) is 11.3 Å². The lowest BCUT2D eigenvalue weighted by Crippen LogP contribution is -2.26. The van der Waals surface area contributed by atoms with Crippen molar-refractivity contribution in [1.82, 2.24) is 4.57 Å². The minimum absolute atomic E-state index is 0.00447. The van der Waals surface area contributed by atoms with Gasteiger partial charge in [-0.3, -0.25) is 9.59 Å². The third-order valence-electron chi connectivity index (χ3n) is 3.91. The number of carbonyl (C=O) groups excluding carboxylic acids is 2. The quantitative estimate of drug-likeness (QED) is 0.570. The van der Waals surface area contributed by atoms with Crippen LogP contribution in [0.2, 0.25) is 0 Å². The van der Waals surface area contributed by atoms with Crippen LogP contribution < -0.4 is 0 Å². The van der Waals surface area contributed by atoms with Gasteiger partial charge in [-0.2, -0.15) is 0 Å². The molecule has 1 aliphatic rings. The Bertz CT molecular complexity index is 747. The SMILES string of the molecule is CC(C)OC(=O)C1CCCn2c(C(=O)c3ccc(Br)s3)ccc21. The lowest BCUT2D eigenvalue weighted by molar-refractivity contribution is -0.149. The normalized spacial score (nSPS) is 17.1. The summed E-state index contributed by atoms with van der Waals surface area (Å²) in [5.74, 6) is -0.468. The van der Waals surface area contributed by atoms with Crippen molar-refractivity contribution >= 4 is 39.0 Å². The highest BCUT2D eigenvalue weighted by Gasteiger charge is 2.31. The minimum atomic E-state index is -0.275. The molecule has 1 atom stereocenters. The van der Waals surface area contributed by atoms with Crippen molar-refractivity contribution in [2.45, 2.75) is 45.3 Å². The maximum absolute atomic E-state index is 12.7. The second-order valence-electron chi connectivity index (χ2n) is 5.91. The molecule has 3 heterocycles. The smallest absolute Gasteiger partial charge is 0.315 e. The summed E-state index contributed by atoms with van der Waals surface area (Å²) in [6.45, 7) is 4.47. The number of nitrogens with zero attached hydrogens (tertiary/aromatic N) is 1. The molecule has 0 amide bonds. The summed E-state index contributed by atoms with van der Waals surface area (Å²) in [5.41, 5.74) is 1.54. The van der Waals surface area contributed by atoms with Gasteiger partial charge in [0, 0.05) is 12.2 Å². The van der Waals surface area contributed by atoms with Gasteiger partial charge in [-0.15, -0.1) is 11.3 Å². The van der Waals surface area contributed by atoms with Gasteiger partial charge in [-0.05, 0) is 66.9 Å². The molecule has 0 saturated heterocycles. The summed E-state index contributed by atoms with van der Waals surface area (Å²) in [6, 6.07) is 7.42. The average Bonchev–Trinajstić information content (AvgIpc) is 3.11. The number of fused-ring (bicyclic) bond motifs is 1. The number of hydrogen-bond donors (Lipinski definition) is 0. The molecule has 3 rings (SSSR count). The van der Waals surface area contributed by atoms with Gasteiger partial charge in [0.1, 0.15) is 0 Å². The Kier molecular flexibility index (Phi) is 4.73. The fraction of sp³-hybridized carbons (Fsp3) is 0.412. The molecule has 0 fully saturated rings. The monoisotopic (exact) mass is 395 g/mol. The lowest BCUT2D eigenvalue weighted by atomic mass is 9.96. The number of ether oxygens (including phenoxy) is 1. The molecule has 4 nitrogen and oxygen atoms in total. The van der Waals surface area contributed by atoms with E-state index in [0.29, 0.717) is 10.6 Å². The Morgan fingerprint density at radius 2 is 2.09 bits per heavy atom. The summed E-state index contributed by atoms with van der Waals surface area (Å²) >= 11 is 4.81. The van der Waals surface area contributed by atoms with E-state index in [-0.39, 0.29) is 23.8 Å². The third-order valence-corrected chi connectivity index (χ3v) is 5.53. The number of esters is 1. The Balaban J connectivity index is 1.91. The van der Waals surface area contributed by atoms with Gasteiger partial charge in [0.25, 0.3) is 0 Å². The molecule has 0 aromatic carbocycles. The van der Waals surface area contributed by atoms with Crippen LogP contribution in [0.4, 0.5) is 0 Å². The van der Waals surface area contributed by atoms with E-state index in [2.05, 4.69) is 15.9 Å². The van der Waals surface area contributed by atoms with Crippen LogP contribution in [0.3, 0.4) is 0 Å². The van der Waals surface area contributed by atoms with Crippen molar-refractivity contribution in [2.75, 3.05) is 0 Å². The van der Waals surface area contributed by atoms with Gasteiger partial charge in [0.2, 0.25) is 5.78 Å². The first-order valence-corrected chi connectivity index (χ1v) is 9.28. The number of ketones is 1. The van der Waals surface area contributed by atoms with Crippen molar-refractivity contribution in [3.05, 3.63) is 44.3 Å². The predicted molar refractivity (Wildman–Crippen MR) is 93.1 cm³/mol. The van der Waals surface area contributed by atoms with E-state index in [0.717, 1.165) is 28.9 Å². The molecular weight excluding hydrogens is 378 g/mol. The number of rotatable bonds is 4. The first-order chi connectivity index (χ1) is 11.0. The molecule has 0 radical (unpaired) electrons. The molecule has 2 aromatic heterocycles. The van der Waals surface area contributed by atoms with Crippen molar-refractivity contribution in [1.29, 1.82) is 0 Å². The fourth-order valence-corrected chi connectivity index (χ4v) is 4.29. The summed E-state index contributed by atoms with van der Waals surface area (Å²) in [7, 11) is 0. The number of aromatic nitrogens is 1. The highest BCUT2D eigenvalue weighted by molar-refractivity contribution is 9.11. The predicted octanol–water partition coefficient (Wildman–Crippen LogP) is 4.37. The molecule has 23 heavy (non-hydrogen) atoms. The van der Waals surface area contributed by atoms with Crippen molar-refractivity contribution in [2.24, 2.45) is 0 Å². The molecule has 1 unspecified atom stereocenters. The summed E-state index contributed by atoms with van der Waals surface area (Å²) in [6.07, 6.45) is 1.51. The second kappa shape index (κ2) is 6.61. The van der Waals surface area contributed by atoms with Crippen molar-refractivity contribution in [3.8, 4) is 0 Å². The molecule has 1 aliphatic heterocycles. The molecule has 0 bridgehead atoms. The highest BCUT2D eigenvalue weighted by atomic mass is 79.9. The van der Waals surface area contributed by atoms with Gasteiger partial charge >= 0.3 is 5.97 Å². The van der Waals surface area contributed by atoms with Crippen LogP contribution in [0.1, 0.15) is 53.7 Å². The zero-order valence-corrected chi connectivity index (χ0v) is 15.4. The number of hydrogen-bond acceptors (Lipinski definition) is 4. The van der Waals surface area contributed by atoms with E-state index in [1.807, 2.05) is 42.7 Å². The molecule has 2 aromatic rings. The number of carbonyl (C=O) groups is 2. The number of thiophene rings is 1. The third kappa shape index (κ3) is 3.28.